The Labute approximate surface area is 78.7 Å². The monoisotopic (exact) mass is 183 g/mol. The van der Waals surface area contributed by atoms with Gasteiger partial charge in [-0.2, -0.15) is 4.98 Å². The van der Waals surface area contributed by atoms with E-state index in [1.807, 2.05) is 6.92 Å². The quantitative estimate of drug-likeness (QED) is 0.744. The molecule has 1 aromatic heterocycles. The molecule has 0 fully saturated rings. The Hall–Kier alpha value is -0.900. The van der Waals surface area contributed by atoms with Crippen LogP contribution in [0.3, 0.4) is 0 Å². The van der Waals surface area contributed by atoms with Gasteiger partial charge in [0.15, 0.2) is 5.82 Å². The van der Waals surface area contributed by atoms with Gasteiger partial charge in [-0.15, -0.1) is 0 Å². The molecule has 1 N–H and O–H groups in total. The SMILES string of the molecule is CCN[C@H](C)Cc1nc(CC)no1. The van der Waals surface area contributed by atoms with E-state index in [1.54, 1.807) is 0 Å². The highest BCUT2D eigenvalue weighted by Gasteiger charge is 2.08. The number of rotatable bonds is 5. The second kappa shape index (κ2) is 4.97. The lowest BCUT2D eigenvalue weighted by atomic mass is 10.2. The molecular formula is C9H17N3O. The number of nitrogens with one attached hydrogen (secondary N) is 1. The highest BCUT2D eigenvalue weighted by Crippen LogP contribution is 2.01. The Morgan fingerprint density at radius 3 is 2.77 bits per heavy atom. The molecule has 0 bridgehead atoms. The molecule has 0 saturated carbocycles. The Morgan fingerprint density at radius 2 is 2.23 bits per heavy atom. The van der Waals surface area contributed by atoms with Crippen LogP contribution in [0, 0.1) is 0 Å². The van der Waals surface area contributed by atoms with Crippen LogP contribution in [-0.4, -0.2) is 22.7 Å². The predicted octanol–water partition coefficient (Wildman–Crippen LogP) is 1.17. The number of hydrogen-bond acceptors (Lipinski definition) is 4. The lowest BCUT2D eigenvalue weighted by molar-refractivity contribution is 0.359. The minimum atomic E-state index is 0.398. The van der Waals surface area contributed by atoms with Crippen LogP contribution in [0.25, 0.3) is 0 Å². The van der Waals surface area contributed by atoms with Crippen LogP contribution in [0.15, 0.2) is 4.52 Å². The molecule has 0 aliphatic heterocycles. The second-order valence-electron chi connectivity index (χ2n) is 3.12. The van der Waals surface area contributed by atoms with Gasteiger partial charge in [0.2, 0.25) is 5.89 Å². The van der Waals surface area contributed by atoms with E-state index in [-0.39, 0.29) is 0 Å². The first kappa shape index (κ1) is 10.2. The van der Waals surface area contributed by atoms with Crippen LogP contribution in [-0.2, 0) is 12.8 Å². The van der Waals surface area contributed by atoms with Crippen molar-refractivity contribution in [2.75, 3.05) is 6.54 Å². The normalized spacial score (nSPS) is 13.2. The fraction of sp³-hybridized carbons (Fsp3) is 0.778. The van der Waals surface area contributed by atoms with Crippen molar-refractivity contribution in [3.63, 3.8) is 0 Å². The van der Waals surface area contributed by atoms with Crippen LogP contribution in [0.4, 0.5) is 0 Å². The molecule has 1 aromatic rings. The van der Waals surface area contributed by atoms with Gasteiger partial charge in [-0.1, -0.05) is 19.0 Å². The van der Waals surface area contributed by atoms with Crippen molar-refractivity contribution >= 4 is 0 Å². The fourth-order valence-electron chi connectivity index (χ4n) is 1.20. The molecule has 0 spiro atoms. The third-order valence-corrected chi connectivity index (χ3v) is 1.86. The maximum atomic E-state index is 5.07. The molecule has 0 amide bonds. The Morgan fingerprint density at radius 1 is 1.46 bits per heavy atom. The minimum absolute atomic E-state index is 0.398. The van der Waals surface area contributed by atoms with E-state index in [2.05, 4.69) is 29.3 Å². The van der Waals surface area contributed by atoms with Gasteiger partial charge in [-0.05, 0) is 13.5 Å². The van der Waals surface area contributed by atoms with Crippen molar-refractivity contribution in [2.45, 2.75) is 39.7 Å². The van der Waals surface area contributed by atoms with E-state index in [0.29, 0.717) is 6.04 Å². The summed E-state index contributed by atoms with van der Waals surface area (Å²) in [7, 11) is 0. The molecule has 0 unspecified atom stereocenters. The van der Waals surface area contributed by atoms with Crippen LogP contribution in [0.5, 0.6) is 0 Å². The number of aryl methyl sites for hydroxylation is 1. The van der Waals surface area contributed by atoms with E-state index in [9.17, 15) is 0 Å². The predicted molar refractivity (Wildman–Crippen MR) is 50.5 cm³/mol. The molecule has 74 valence electrons. The minimum Gasteiger partial charge on any atom is -0.339 e. The smallest absolute Gasteiger partial charge is 0.228 e. The largest absolute Gasteiger partial charge is 0.339 e. The summed E-state index contributed by atoms with van der Waals surface area (Å²) in [6.07, 6.45) is 1.64. The molecule has 4 nitrogen and oxygen atoms in total. The van der Waals surface area contributed by atoms with Gasteiger partial charge in [0.05, 0.1) is 0 Å². The zero-order valence-electron chi connectivity index (χ0n) is 8.50. The van der Waals surface area contributed by atoms with E-state index in [1.165, 1.54) is 0 Å². The van der Waals surface area contributed by atoms with Gasteiger partial charge in [-0.25, -0.2) is 0 Å². The Balaban J connectivity index is 2.44. The van der Waals surface area contributed by atoms with Crippen LogP contribution in [0.2, 0.25) is 0 Å². The van der Waals surface area contributed by atoms with E-state index < -0.39 is 0 Å². The molecule has 0 radical (unpaired) electrons. The van der Waals surface area contributed by atoms with Crippen molar-refractivity contribution in [2.24, 2.45) is 0 Å². The molecule has 0 aliphatic rings. The lowest BCUT2D eigenvalue weighted by Crippen LogP contribution is -2.27. The summed E-state index contributed by atoms with van der Waals surface area (Å²) < 4.78 is 5.07. The topological polar surface area (TPSA) is 51.0 Å². The Bertz CT molecular complexity index is 247. The van der Waals surface area contributed by atoms with Gasteiger partial charge in [-0.3, -0.25) is 0 Å². The van der Waals surface area contributed by atoms with Crippen LogP contribution < -0.4 is 5.32 Å². The average Bonchev–Trinajstić information content (AvgIpc) is 2.52. The fourth-order valence-corrected chi connectivity index (χ4v) is 1.20. The molecule has 0 saturated heterocycles. The van der Waals surface area contributed by atoms with Crippen LogP contribution >= 0.6 is 0 Å². The van der Waals surface area contributed by atoms with Crippen molar-refractivity contribution in [1.29, 1.82) is 0 Å². The van der Waals surface area contributed by atoms with Crippen molar-refractivity contribution in [1.82, 2.24) is 15.5 Å². The molecule has 4 heteroatoms. The highest BCUT2D eigenvalue weighted by molar-refractivity contribution is 4.87. The van der Waals surface area contributed by atoms with Crippen molar-refractivity contribution < 1.29 is 4.52 Å². The molecule has 13 heavy (non-hydrogen) atoms. The average molecular weight is 183 g/mol. The first-order valence-electron chi connectivity index (χ1n) is 4.81. The molecular weight excluding hydrogens is 166 g/mol. The zero-order chi connectivity index (χ0) is 9.68. The third-order valence-electron chi connectivity index (χ3n) is 1.86. The summed E-state index contributed by atoms with van der Waals surface area (Å²) >= 11 is 0. The number of aromatic nitrogens is 2. The lowest BCUT2D eigenvalue weighted by Gasteiger charge is -2.07. The van der Waals surface area contributed by atoms with E-state index in [4.69, 9.17) is 4.52 Å². The maximum Gasteiger partial charge on any atom is 0.228 e. The van der Waals surface area contributed by atoms with Crippen LogP contribution in [0.1, 0.15) is 32.5 Å². The summed E-state index contributed by atoms with van der Waals surface area (Å²) in [4.78, 5) is 4.23. The van der Waals surface area contributed by atoms with Crippen molar-refractivity contribution in [3.8, 4) is 0 Å². The van der Waals surface area contributed by atoms with Gasteiger partial charge in [0.25, 0.3) is 0 Å². The summed E-state index contributed by atoms with van der Waals surface area (Å²) in [5, 5.41) is 7.13. The number of likely N-dealkylation sites (N-methyl/N-ethyl adjacent to an activating group) is 1. The van der Waals surface area contributed by atoms with Gasteiger partial charge in [0, 0.05) is 18.9 Å². The standard InChI is InChI=1S/C9H17N3O/c1-4-8-11-9(13-12-8)6-7(3)10-5-2/h7,10H,4-6H2,1-3H3/t7-/m1/s1. The maximum absolute atomic E-state index is 5.07. The first-order chi connectivity index (χ1) is 6.26. The van der Waals surface area contributed by atoms with Gasteiger partial charge in [0.1, 0.15) is 0 Å². The first-order valence-corrected chi connectivity index (χ1v) is 4.81. The summed E-state index contributed by atoms with van der Waals surface area (Å²) in [6, 6.07) is 0.398. The van der Waals surface area contributed by atoms with Gasteiger partial charge < -0.3 is 9.84 Å². The number of hydrogen-bond donors (Lipinski definition) is 1. The molecule has 0 aliphatic carbocycles. The van der Waals surface area contributed by atoms with Gasteiger partial charge >= 0.3 is 0 Å². The summed E-state index contributed by atoms with van der Waals surface area (Å²) in [6.45, 7) is 7.18. The highest BCUT2D eigenvalue weighted by atomic mass is 16.5. The van der Waals surface area contributed by atoms with E-state index in [0.717, 1.165) is 31.1 Å². The third kappa shape index (κ3) is 3.14. The zero-order valence-corrected chi connectivity index (χ0v) is 8.50. The molecule has 1 atom stereocenters. The molecule has 1 rings (SSSR count). The Kier molecular flexibility index (Phi) is 3.89. The molecule has 0 aromatic carbocycles. The summed E-state index contributed by atoms with van der Waals surface area (Å²) in [5.74, 6) is 1.52. The molecule has 1 heterocycles. The van der Waals surface area contributed by atoms with Crippen molar-refractivity contribution in [3.05, 3.63) is 11.7 Å². The summed E-state index contributed by atoms with van der Waals surface area (Å²) in [5.41, 5.74) is 0. The second-order valence-corrected chi connectivity index (χ2v) is 3.12. The number of nitrogens with zero attached hydrogens (tertiary/aromatic N) is 2. The van der Waals surface area contributed by atoms with E-state index >= 15 is 0 Å².